The van der Waals surface area contributed by atoms with E-state index >= 15 is 0 Å². The van der Waals surface area contributed by atoms with Gasteiger partial charge in [0, 0.05) is 16.8 Å². The summed E-state index contributed by atoms with van der Waals surface area (Å²) in [7, 11) is 0. The van der Waals surface area contributed by atoms with Crippen molar-refractivity contribution in [1.29, 1.82) is 0 Å². The Kier molecular flexibility index (Phi) is 5.98. The number of benzene rings is 3. The molecule has 1 amide bonds. The Morgan fingerprint density at radius 1 is 0.933 bits per heavy atom. The number of nitrogens with one attached hydrogen (secondary N) is 1. The van der Waals surface area contributed by atoms with Crippen LogP contribution in [0.3, 0.4) is 0 Å². The van der Waals surface area contributed by atoms with Crippen LogP contribution >= 0.6 is 23.2 Å². The molecule has 0 spiro atoms. The molecule has 0 saturated carbocycles. The van der Waals surface area contributed by atoms with Crippen molar-refractivity contribution in [3.05, 3.63) is 87.4 Å². The molecule has 0 aromatic heterocycles. The summed E-state index contributed by atoms with van der Waals surface area (Å²) in [6.07, 6.45) is 1.85. The lowest BCUT2D eigenvalue weighted by molar-refractivity contribution is -0.110. The van der Waals surface area contributed by atoms with Crippen LogP contribution in [0.4, 0.5) is 5.69 Å². The van der Waals surface area contributed by atoms with Crippen LogP contribution in [0.5, 0.6) is 11.5 Å². The number of para-hydroxylation sites is 1. The molecule has 3 aromatic rings. The van der Waals surface area contributed by atoms with Crippen LogP contribution < -0.4 is 14.8 Å². The summed E-state index contributed by atoms with van der Waals surface area (Å²) in [6, 6.07) is 18.6. The Bertz CT molecular complexity index is 1140. The number of rotatable bonds is 6. The highest BCUT2D eigenvalue weighted by Gasteiger charge is 2.23. The highest BCUT2D eigenvalue weighted by atomic mass is 35.5. The Morgan fingerprint density at radius 3 is 2.57 bits per heavy atom. The third-order valence-corrected chi connectivity index (χ3v) is 5.41. The third-order valence-electron chi connectivity index (χ3n) is 4.67. The van der Waals surface area contributed by atoms with E-state index in [2.05, 4.69) is 5.32 Å². The Balaban J connectivity index is 1.59. The standard InChI is InChI=1S/C24H19Cl2NO3/c1-2-29-23-13-15(11-18-17-5-3-4-6-21(17)27-24(18)28)8-10-22(23)30-14-16-7-9-19(25)20(26)12-16/h3-13H,2,14H2,1H3,(H,27,28)/b18-11-. The normalized spacial score (nSPS) is 13.8. The molecule has 0 fully saturated rings. The number of hydrogen-bond acceptors (Lipinski definition) is 3. The van der Waals surface area contributed by atoms with Crippen LogP contribution in [0, 0.1) is 0 Å². The molecule has 0 saturated heterocycles. The number of anilines is 1. The molecule has 0 bridgehead atoms. The zero-order valence-corrected chi connectivity index (χ0v) is 17.8. The van der Waals surface area contributed by atoms with E-state index in [4.69, 9.17) is 32.7 Å². The smallest absolute Gasteiger partial charge is 0.256 e. The second-order valence-corrected chi connectivity index (χ2v) is 7.55. The first-order chi connectivity index (χ1) is 14.5. The zero-order valence-electron chi connectivity index (χ0n) is 16.2. The number of hydrogen-bond donors (Lipinski definition) is 1. The van der Waals surface area contributed by atoms with E-state index in [9.17, 15) is 4.79 Å². The second-order valence-electron chi connectivity index (χ2n) is 6.73. The molecule has 6 heteroatoms. The van der Waals surface area contributed by atoms with Crippen molar-refractivity contribution < 1.29 is 14.3 Å². The van der Waals surface area contributed by atoms with Crippen LogP contribution in [-0.2, 0) is 11.4 Å². The van der Waals surface area contributed by atoms with Crippen LogP contribution in [0.1, 0.15) is 23.6 Å². The van der Waals surface area contributed by atoms with Gasteiger partial charge in [0.25, 0.3) is 5.91 Å². The lowest BCUT2D eigenvalue weighted by Gasteiger charge is -2.13. The van der Waals surface area contributed by atoms with Gasteiger partial charge in [0.15, 0.2) is 11.5 Å². The third kappa shape index (κ3) is 4.30. The molecule has 0 atom stereocenters. The molecule has 0 aliphatic carbocycles. The van der Waals surface area contributed by atoms with Gasteiger partial charge in [-0.15, -0.1) is 0 Å². The van der Waals surface area contributed by atoms with E-state index in [1.54, 1.807) is 12.1 Å². The average Bonchev–Trinajstić information content (AvgIpc) is 3.05. The summed E-state index contributed by atoms with van der Waals surface area (Å²) < 4.78 is 11.7. The molecule has 152 valence electrons. The van der Waals surface area contributed by atoms with Crippen LogP contribution in [-0.4, -0.2) is 12.5 Å². The summed E-state index contributed by atoms with van der Waals surface area (Å²) in [5, 5.41) is 3.87. The van der Waals surface area contributed by atoms with E-state index in [0.717, 1.165) is 22.4 Å². The van der Waals surface area contributed by atoms with Crippen molar-refractivity contribution >= 4 is 46.4 Å². The Hall–Kier alpha value is -2.95. The maximum absolute atomic E-state index is 12.4. The van der Waals surface area contributed by atoms with Crippen molar-refractivity contribution in [3.63, 3.8) is 0 Å². The minimum atomic E-state index is -0.117. The van der Waals surface area contributed by atoms with Crippen molar-refractivity contribution in [1.82, 2.24) is 0 Å². The molecule has 0 radical (unpaired) electrons. The van der Waals surface area contributed by atoms with E-state index in [-0.39, 0.29) is 5.91 Å². The molecule has 1 aliphatic heterocycles. The van der Waals surface area contributed by atoms with Gasteiger partial charge in [-0.3, -0.25) is 4.79 Å². The molecule has 1 heterocycles. The van der Waals surface area contributed by atoms with Crippen LogP contribution in [0.25, 0.3) is 11.6 Å². The van der Waals surface area contributed by atoms with Crippen LogP contribution in [0.15, 0.2) is 60.7 Å². The minimum Gasteiger partial charge on any atom is -0.490 e. The van der Waals surface area contributed by atoms with Crippen LogP contribution in [0.2, 0.25) is 10.0 Å². The first-order valence-electron chi connectivity index (χ1n) is 9.51. The maximum Gasteiger partial charge on any atom is 0.256 e. The predicted molar refractivity (Wildman–Crippen MR) is 121 cm³/mol. The van der Waals surface area contributed by atoms with Gasteiger partial charge in [-0.25, -0.2) is 0 Å². The van der Waals surface area contributed by atoms with E-state index in [0.29, 0.717) is 40.3 Å². The van der Waals surface area contributed by atoms with E-state index in [1.807, 2.05) is 61.5 Å². The fourth-order valence-corrected chi connectivity index (χ4v) is 3.56. The number of ether oxygens (including phenoxy) is 2. The predicted octanol–water partition coefficient (Wildman–Crippen LogP) is 6.46. The molecule has 0 unspecified atom stereocenters. The molecule has 4 rings (SSSR count). The number of carbonyl (C=O) groups is 1. The molecule has 4 nitrogen and oxygen atoms in total. The monoisotopic (exact) mass is 439 g/mol. The average molecular weight is 440 g/mol. The number of fused-ring (bicyclic) bond motifs is 1. The van der Waals surface area contributed by atoms with E-state index < -0.39 is 0 Å². The van der Waals surface area contributed by atoms with E-state index in [1.165, 1.54) is 0 Å². The molecular formula is C24H19Cl2NO3. The van der Waals surface area contributed by atoms with Gasteiger partial charge in [0.2, 0.25) is 0 Å². The van der Waals surface area contributed by atoms with Gasteiger partial charge >= 0.3 is 0 Å². The topological polar surface area (TPSA) is 47.6 Å². The van der Waals surface area contributed by atoms with Gasteiger partial charge < -0.3 is 14.8 Å². The largest absolute Gasteiger partial charge is 0.490 e. The molecular weight excluding hydrogens is 421 g/mol. The molecule has 1 N–H and O–H groups in total. The summed E-state index contributed by atoms with van der Waals surface area (Å²) in [4.78, 5) is 12.4. The van der Waals surface area contributed by atoms with Gasteiger partial charge in [0.1, 0.15) is 6.61 Å². The maximum atomic E-state index is 12.4. The summed E-state index contributed by atoms with van der Waals surface area (Å²) >= 11 is 12.0. The molecule has 3 aromatic carbocycles. The van der Waals surface area contributed by atoms with Gasteiger partial charge in [0.05, 0.1) is 16.7 Å². The first kappa shape index (κ1) is 20.3. The quantitative estimate of drug-likeness (QED) is 0.448. The van der Waals surface area contributed by atoms with Gasteiger partial charge in [-0.05, 0) is 54.5 Å². The minimum absolute atomic E-state index is 0.117. The lowest BCUT2D eigenvalue weighted by atomic mass is 10.0. The second kappa shape index (κ2) is 8.82. The molecule has 1 aliphatic rings. The number of amides is 1. The SMILES string of the molecule is CCOc1cc(/C=C2\C(=O)Nc3ccccc32)ccc1OCc1ccc(Cl)c(Cl)c1. The Morgan fingerprint density at radius 2 is 1.77 bits per heavy atom. The van der Waals surface area contributed by atoms with Crippen molar-refractivity contribution in [2.45, 2.75) is 13.5 Å². The molecule has 30 heavy (non-hydrogen) atoms. The van der Waals surface area contributed by atoms with Crippen molar-refractivity contribution in [2.24, 2.45) is 0 Å². The lowest BCUT2D eigenvalue weighted by Crippen LogP contribution is -2.03. The van der Waals surface area contributed by atoms with Crippen molar-refractivity contribution in [2.75, 3.05) is 11.9 Å². The fraction of sp³-hybridized carbons (Fsp3) is 0.125. The summed E-state index contributed by atoms with van der Waals surface area (Å²) in [5.74, 6) is 1.11. The van der Waals surface area contributed by atoms with Gasteiger partial charge in [-0.2, -0.15) is 0 Å². The highest BCUT2D eigenvalue weighted by Crippen LogP contribution is 2.35. The summed E-state index contributed by atoms with van der Waals surface area (Å²) in [5.41, 5.74) is 4.08. The summed E-state index contributed by atoms with van der Waals surface area (Å²) in [6.45, 7) is 2.73. The van der Waals surface area contributed by atoms with Crippen molar-refractivity contribution in [3.8, 4) is 11.5 Å². The fourth-order valence-electron chi connectivity index (χ4n) is 3.24. The number of halogens is 2. The van der Waals surface area contributed by atoms with Gasteiger partial charge in [-0.1, -0.05) is 53.5 Å². The highest BCUT2D eigenvalue weighted by molar-refractivity contribution is 6.42. The Labute approximate surface area is 185 Å². The first-order valence-corrected chi connectivity index (χ1v) is 10.3. The number of carbonyl (C=O) groups excluding carboxylic acids is 1. The zero-order chi connectivity index (χ0) is 21.1.